The van der Waals surface area contributed by atoms with Gasteiger partial charge in [-0.2, -0.15) is 0 Å². The molecule has 0 atom stereocenters. The molecule has 0 bridgehead atoms. The molecule has 3 heterocycles. The molecule has 0 unspecified atom stereocenters. The molecular formula is C25H25N3O5. The lowest BCUT2D eigenvalue weighted by atomic mass is 10.0. The van der Waals surface area contributed by atoms with Gasteiger partial charge in [0.2, 0.25) is 12.7 Å². The molecule has 0 radical (unpaired) electrons. The molecule has 0 N–H and O–H groups in total. The van der Waals surface area contributed by atoms with Crippen molar-refractivity contribution in [1.29, 1.82) is 0 Å². The summed E-state index contributed by atoms with van der Waals surface area (Å²) in [6.07, 6.45) is 2.02. The molecule has 3 aromatic rings. The summed E-state index contributed by atoms with van der Waals surface area (Å²) in [7, 11) is 1.62. The first-order valence-electron chi connectivity index (χ1n) is 10.8. The van der Waals surface area contributed by atoms with Crippen molar-refractivity contribution in [3.63, 3.8) is 0 Å². The highest BCUT2D eigenvalue weighted by atomic mass is 16.7. The second kappa shape index (κ2) is 8.61. The lowest BCUT2D eigenvalue weighted by Gasteiger charge is -2.20. The molecule has 2 aliphatic heterocycles. The van der Waals surface area contributed by atoms with Gasteiger partial charge in [-0.1, -0.05) is 6.07 Å². The van der Waals surface area contributed by atoms with Crippen LogP contribution in [0.4, 0.5) is 0 Å². The molecule has 170 valence electrons. The fourth-order valence-corrected chi connectivity index (χ4v) is 4.13. The largest absolute Gasteiger partial charge is 0.493 e. The van der Waals surface area contributed by atoms with Crippen LogP contribution < -0.4 is 18.9 Å². The van der Waals surface area contributed by atoms with E-state index in [1.165, 1.54) is 0 Å². The number of aromatic nitrogens is 2. The number of benzene rings is 2. The molecule has 0 fully saturated rings. The molecule has 0 saturated carbocycles. The van der Waals surface area contributed by atoms with Gasteiger partial charge in [0.15, 0.2) is 23.0 Å². The number of rotatable bonds is 4. The lowest BCUT2D eigenvalue weighted by Crippen LogP contribution is -2.33. The Morgan fingerprint density at radius 1 is 1.12 bits per heavy atom. The second-order valence-corrected chi connectivity index (χ2v) is 8.14. The van der Waals surface area contributed by atoms with Crippen molar-refractivity contribution in [2.45, 2.75) is 26.8 Å². The van der Waals surface area contributed by atoms with Gasteiger partial charge in [-0.05, 0) is 43.7 Å². The monoisotopic (exact) mass is 447 g/mol. The SMILES string of the molecule is COc1cc(-c2nc(C)cnc2C)cc2c1OCCN(C(=O)Cc1ccc3c(c1)OCO3)C2. The van der Waals surface area contributed by atoms with Gasteiger partial charge in [0, 0.05) is 23.9 Å². The number of fused-ring (bicyclic) bond motifs is 2. The van der Waals surface area contributed by atoms with Crippen molar-refractivity contribution in [2.24, 2.45) is 0 Å². The highest BCUT2D eigenvalue weighted by molar-refractivity contribution is 5.79. The smallest absolute Gasteiger partial charge is 0.231 e. The fraction of sp³-hybridized carbons (Fsp3) is 0.320. The van der Waals surface area contributed by atoms with Gasteiger partial charge in [-0.3, -0.25) is 9.78 Å². The summed E-state index contributed by atoms with van der Waals surface area (Å²) >= 11 is 0. The second-order valence-electron chi connectivity index (χ2n) is 8.14. The Labute approximate surface area is 192 Å². The maximum atomic E-state index is 13.2. The molecule has 2 aliphatic rings. The number of amides is 1. The first kappa shape index (κ1) is 21.1. The van der Waals surface area contributed by atoms with E-state index >= 15 is 0 Å². The highest BCUT2D eigenvalue weighted by Crippen LogP contribution is 2.39. The summed E-state index contributed by atoms with van der Waals surface area (Å²) < 4.78 is 22.4. The highest BCUT2D eigenvalue weighted by Gasteiger charge is 2.25. The number of hydrogen-bond donors (Lipinski definition) is 0. The Hall–Kier alpha value is -3.81. The van der Waals surface area contributed by atoms with Gasteiger partial charge in [0.25, 0.3) is 0 Å². The van der Waals surface area contributed by atoms with E-state index < -0.39 is 0 Å². The van der Waals surface area contributed by atoms with Gasteiger partial charge in [-0.25, -0.2) is 4.98 Å². The molecular weight excluding hydrogens is 422 g/mol. The minimum absolute atomic E-state index is 0.0150. The maximum absolute atomic E-state index is 13.2. The number of nitrogens with zero attached hydrogens (tertiary/aromatic N) is 3. The molecule has 5 rings (SSSR count). The summed E-state index contributed by atoms with van der Waals surface area (Å²) in [5, 5.41) is 0. The van der Waals surface area contributed by atoms with Gasteiger partial charge in [0.1, 0.15) is 6.61 Å². The van der Waals surface area contributed by atoms with Crippen molar-refractivity contribution in [3.8, 4) is 34.3 Å². The zero-order valence-electron chi connectivity index (χ0n) is 18.9. The van der Waals surface area contributed by atoms with Gasteiger partial charge >= 0.3 is 0 Å². The lowest BCUT2D eigenvalue weighted by molar-refractivity contribution is -0.131. The number of methoxy groups -OCH3 is 1. The van der Waals surface area contributed by atoms with Crippen molar-refractivity contribution >= 4 is 5.91 Å². The Kier molecular flexibility index (Phi) is 5.50. The van der Waals surface area contributed by atoms with Crippen LogP contribution in [0.25, 0.3) is 11.3 Å². The Balaban J connectivity index is 1.43. The third kappa shape index (κ3) is 4.16. The van der Waals surface area contributed by atoms with E-state index in [4.69, 9.17) is 18.9 Å². The van der Waals surface area contributed by atoms with Crippen molar-refractivity contribution in [2.75, 3.05) is 27.1 Å². The third-order valence-corrected chi connectivity index (χ3v) is 5.81. The maximum Gasteiger partial charge on any atom is 0.231 e. The Bertz CT molecular complexity index is 1230. The zero-order valence-corrected chi connectivity index (χ0v) is 18.9. The summed E-state index contributed by atoms with van der Waals surface area (Å²) in [5.41, 5.74) is 5.09. The Morgan fingerprint density at radius 2 is 1.97 bits per heavy atom. The predicted octanol–water partition coefficient (Wildman–Crippen LogP) is 3.46. The van der Waals surface area contributed by atoms with Crippen LogP contribution in [0.3, 0.4) is 0 Å². The number of aryl methyl sites for hydroxylation is 2. The third-order valence-electron chi connectivity index (χ3n) is 5.81. The van der Waals surface area contributed by atoms with Crippen LogP contribution in [-0.2, 0) is 17.8 Å². The summed E-state index contributed by atoms with van der Waals surface area (Å²) in [4.78, 5) is 24.1. The first-order chi connectivity index (χ1) is 16.0. The molecule has 0 saturated heterocycles. The minimum atomic E-state index is 0.0150. The van der Waals surface area contributed by atoms with Gasteiger partial charge in [-0.15, -0.1) is 0 Å². The van der Waals surface area contributed by atoms with Gasteiger partial charge in [0.05, 0.1) is 37.2 Å². The van der Waals surface area contributed by atoms with E-state index in [2.05, 4.69) is 9.97 Å². The fourth-order valence-electron chi connectivity index (χ4n) is 4.13. The number of ether oxygens (including phenoxy) is 4. The zero-order chi connectivity index (χ0) is 22.9. The van der Waals surface area contributed by atoms with Crippen LogP contribution in [0.1, 0.15) is 22.5 Å². The number of carbonyl (C=O) groups is 1. The van der Waals surface area contributed by atoms with E-state index in [-0.39, 0.29) is 19.1 Å². The van der Waals surface area contributed by atoms with Crippen molar-refractivity contribution < 1.29 is 23.7 Å². The topological polar surface area (TPSA) is 83.0 Å². The van der Waals surface area contributed by atoms with Crippen molar-refractivity contribution in [1.82, 2.24) is 14.9 Å². The van der Waals surface area contributed by atoms with Crippen LogP contribution in [-0.4, -0.2) is 47.8 Å². The normalized spacial score (nSPS) is 14.3. The van der Waals surface area contributed by atoms with Crippen LogP contribution in [0.2, 0.25) is 0 Å². The van der Waals surface area contributed by atoms with Gasteiger partial charge < -0.3 is 23.8 Å². The molecule has 1 aromatic heterocycles. The van der Waals surface area contributed by atoms with Crippen LogP contribution in [0, 0.1) is 13.8 Å². The van der Waals surface area contributed by atoms with Crippen molar-refractivity contribution in [3.05, 3.63) is 59.0 Å². The van der Waals surface area contributed by atoms with E-state index in [0.29, 0.717) is 42.7 Å². The number of carbonyl (C=O) groups excluding carboxylic acids is 1. The summed E-state index contributed by atoms with van der Waals surface area (Å²) in [6.45, 7) is 5.34. The Morgan fingerprint density at radius 3 is 2.82 bits per heavy atom. The molecule has 8 heteroatoms. The summed E-state index contributed by atoms with van der Waals surface area (Å²) in [5.74, 6) is 2.68. The number of hydrogen-bond acceptors (Lipinski definition) is 7. The van der Waals surface area contributed by atoms with Crippen LogP contribution in [0.15, 0.2) is 36.5 Å². The quantitative estimate of drug-likeness (QED) is 0.606. The summed E-state index contributed by atoms with van der Waals surface area (Å²) in [6, 6.07) is 9.53. The predicted molar refractivity (Wildman–Crippen MR) is 121 cm³/mol. The molecule has 1 amide bonds. The minimum Gasteiger partial charge on any atom is -0.493 e. The first-order valence-corrected chi connectivity index (χ1v) is 10.8. The van der Waals surface area contributed by atoms with Crippen LogP contribution in [0.5, 0.6) is 23.0 Å². The van der Waals surface area contributed by atoms with E-state index in [1.54, 1.807) is 13.3 Å². The average molecular weight is 447 g/mol. The van der Waals surface area contributed by atoms with E-state index in [0.717, 1.165) is 33.8 Å². The van der Waals surface area contributed by atoms with E-state index in [1.807, 2.05) is 49.1 Å². The van der Waals surface area contributed by atoms with E-state index in [9.17, 15) is 4.79 Å². The average Bonchev–Trinajstić information content (AvgIpc) is 3.17. The molecule has 33 heavy (non-hydrogen) atoms. The van der Waals surface area contributed by atoms with Crippen LogP contribution >= 0.6 is 0 Å². The molecule has 0 aliphatic carbocycles. The molecule has 0 spiro atoms. The standard InChI is InChI=1S/C25H25N3O5/c1-15-12-26-16(2)24(27-15)18-10-19-13-28(6-7-31-25(19)22(11-18)30-3)23(29)9-17-4-5-20-21(8-17)33-14-32-20/h4-5,8,10-12H,6-7,9,13-14H2,1-3H3. The molecule has 2 aromatic carbocycles. The molecule has 8 nitrogen and oxygen atoms in total.